The molecule has 28 heavy (non-hydrogen) atoms. The van der Waals surface area contributed by atoms with Gasteiger partial charge in [-0.15, -0.1) is 11.8 Å². The minimum Gasteiger partial charge on any atom is -0.326 e. The molecule has 1 atom stereocenters. The molecule has 4 rings (SSSR count). The molecular formula is C23H19BrN2OS. The van der Waals surface area contributed by atoms with E-state index < -0.39 is 0 Å². The lowest BCUT2D eigenvalue weighted by atomic mass is 10.0. The maximum atomic E-state index is 11.4. The molecule has 0 saturated carbocycles. The third-order valence-corrected chi connectivity index (χ3v) is 6.38. The number of halogens is 1. The van der Waals surface area contributed by atoms with Gasteiger partial charge >= 0.3 is 0 Å². The Labute approximate surface area is 177 Å². The normalized spacial score (nSPS) is 15.9. The van der Waals surface area contributed by atoms with E-state index in [9.17, 15) is 4.79 Å². The summed E-state index contributed by atoms with van der Waals surface area (Å²) in [6.45, 7) is 1.52. The maximum Gasteiger partial charge on any atom is 0.221 e. The molecule has 5 heteroatoms. The second kappa shape index (κ2) is 8.33. The van der Waals surface area contributed by atoms with Crippen molar-refractivity contribution >= 4 is 50.7 Å². The van der Waals surface area contributed by atoms with E-state index in [0.717, 1.165) is 33.5 Å². The van der Waals surface area contributed by atoms with Crippen LogP contribution in [0, 0.1) is 0 Å². The van der Waals surface area contributed by atoms with E-state index in [1.54, 1.807) is 0 Å². The van der Waals surface area contributed by atoms with Gasteiger partial charge in [0.15, 0.2) is 0 Å². The summed E-state index contributed by atoms with van der Waals surface area (Å²) in [6, 6.07) is 24.7. The van der Waals surface area contributed by atoms with E-state index in [-0.39, 0.29) is 11.2 Å². The van der Waals surface area contributed by atoms with E-state index >= 15 is 0 Å². The largest absolute Gasteiger partial charge is 0.326 e. The molecular weight excluding hydrogens is 432 g/mol. The lowest BCUT2D eigenvalue weighted by Crippen LogP contribution is -2.08. The first-order valence-corrected chi connectivity index (χ1v) is 10.7. The number of anilines is 1. The van der Waals surface area contributed by atoms with E-state index in [1.165, 1.54) is 17.4 Å². The Hall–Kier alpha value is -2.37. The summed E-state index contributed by atoms with van der Waals surface area (Å²) < 4.78 is 1.08. The highest BCUT2D eigenvalue weighted by molar-refractivity contribution is 9.10. The molecule has 0 saturated heterocycles. The number of aliphatic imine (C=N–C) groups is 1. The number of rotatable bonds is 3. The zero-order valence-electron chi connectivity index (χ0n) is 15.4. The summed E-state index contributed by atoms with van der Waals surface area (Å²) in [7, 11) is 0. The number of hydrogen-bond donors (Lipinski definition) is 1. The van der Waals surface area contributed by atoms with Crippen molar-refractivity contribution in [3.05, 3.63) is 88.4 Å². The number of nitrogens with zero attached hydrogens (tertiary/aromatic N) is 1. The molecule has 1 aliphatic heterocycles. The summed E-state index contributed by atoms with van der Waals surface area (Å²) >= 11 is 5.37. The zero-order valence-corrected chi connectivity index (χ0v) is 17.8. The third-order valence-electron chi connectivity index (χ3n) is 4.53. The highest BCUT2D eigenvalue weighted by atomic mass is 79.9. The Morgan fingerprint density at radius 3 is 2.64 bits per heavy atom. The fourth-order valence-electron chi connectivity index (χ4n) is 3.24. The van der Waals surface area contributed by atoms with E-state index in [1.807, 2.05) is 36.0 Å². The molecule has 1 heterocycles. The predicted molar refractivity (Wildman–Crippen MR) is 121 cm³/mol. The van der Waals surface area contributed by atoms with Gasteiger partial charge < -0.3 is 5.32 Å². The molecule has 1 amide bonds. The van der Waals surface area contributed by atoms with Crippen LogP contribution in [0.2, 0.25) is 0 Å². The topological polar surface area (TPSA) is 41.5 Å². The van der Waals surface area contributed by atoms with Crippen LogP contribution in [0.3, 0.4) is 0 Å². The van der Waals surface area contributed by atoms with Crippen LogP contribution in [-0.2, 0) is 4.79 Å². The van der Waals surface area contributed by atoms with Crippen LogP contribution in [0.1, 0.15) is 29.7 Å². The minimum atomic E-state index is -0.0754. The van der Waals surface area contributed by atoms with Crippen LogP contribution in [-0.4, -0.2) is 11.6 Å². The molecule has 0 radical (unpaired) electrons. The summed E-state index contributed by atoms with van der Waals surface area (Å²) in [4.78, 5) is 17.6. The highest BCUT2D eigenvalue weighted by Gasteiger charge is 2.22. The van der Waals surface area contributed by atoms with Crippen LogP contribution in [0.5, 0.6) is 0 Å². The molecule has 3 nitrogen and oxygen atoms in total. The molecule has 0 bridgehead atoms. The lowest BCUT2D eigenvalue weighted by Gasteiger charge is -2.16. The van der Waals surface area contributed by atoms with Crippen molar-refractivity contribution in [3.63, 3.8) is 0 Å². The van der Waals surface area contributed by atoms with Crippen molar-refractivity contribution in [2.75, 3.05) is 5.32 Å². The van der Waals surface area contributed by atoms with Crippen LogP contribution >= 0.6 is 27.7 Å². The summed E-state index contributed by atoms with van der Waals surface area (Å²) in [5.41, 5.74) is 5.11. The van der Waals surface area contributed by atoms with Gasteiger partial charge in [0.25, 0.3) is 0 Å². The second-order valence-corrected chi connectivity index (χ2v) is 8.81. The molecule has 0 aromatic heterocycles. The smallest absolute Gasteiger partial charge is 0.221 e. The molecule has 0 aliphatic carbocycles. The maximum absolute atomic E-state index is 11.4. The molecule has 0 spiro atoms. The fraction of sp³-hybridized carbons (Fsp3) is 0.130. The van der Waals surface area contributed by atoms with E-state index in [0.29, 0.717) is 0 Å². The van der Waals surface area contributed by atoms with Crippen molar-refractivity contribution in [2.45, 2.75) is 23.5 Å². The van der Waals surface area contributed by atoms with E-state index in [2.05, 4.69) is 69.8 Å². The highest BCUT2D eigenvalue weighted by Crippen LogP contribution is 2.45. The van der Waals surface area contributed by atoms with Gasteiger partial charge in [-0.3, -0.25) is 9.79 Å². The first-order valence-electron chi connectivity index (χ1n) is 9.05. The Balaban J connectivity index is 1.76. The predicted octanol–water partition coefficient (Wildman–Crippen LogP) is 6.77. The van der Waals surface area contributed by atoms with Crippen molar-refractivity contribution < 1.29 is 4.79 Å². The lowest BCUT2D eigenvalue weighted by molar-refractivity contribution is -0.114. The van der Waals surface area contributed by atoms with Crippen molar-refractivity contribution in [3.8, 4) is 0 Å². The van der Waals surface area contributed by atoms with Gasteiger partial charge in [-0.25, -0.2) is 0 Å². The van der Waals surface area contributed by atoms with Crippen LogP contribution in [0.15, 0.2) is 87.2 Å². The summed E-state index contributed by atoms with van der Waals surface area (Å²) in [6.07, 6.45) is 0.810. The number of para-hydroxylation sites is 1. The first kappa shape index (κ1) is 19.0. The number of carbonyl (C=O) groups excluding carboxylic acids is 1. The van der Waals surface area contributed by atoms with Crippen molar-refractivity contribution in [1.82, 2.24) is 0 Å². The van der Waals surface area contributed by atoms with Crippen LogP contribution in [0.25, 0.3) is 0 Å². The molecule has 1 unspecified atom stereocenters. The Bertz CT molecular complexity index is 1050. The van der Waals surface area contributed by atoms with Crippen LogP contribution in [0.4, 0.5) is 11.4 Å². The fourth-order valence-corrected chi connectivity index (χ4v) is 4.73. The number of fused-ring (bicyclic) bond motifs is 1. The van der Waals surface area contributed by atoms with Gasteiger partial charge in [-0.1, -0.05) is 52.3 Å². The van der Waals surface area contributed by atoms with E-state index in [4.69, 9.17) is 4.99 Å². The molecule has 140 valence electrons. The Morgan fingerprint density at radius 1 is 1.07 bits per heavy atom. The molecule has 3 aromatic rings. The van der Waals surface area contributed by atoms with Gasteiger partial charge in [0.2, 0.25) is 5.91 Å². The summed E-state index contributed by atoms with van der Waals surface area (Å²) in [5, 5.41) is 3.13. The average molecular weight is 451 g/mol. The number of benzene rings is 3. The molecule has 0 fully saturated rings. The number of thioether (sulfide) groups is 1. The molecule has 1 aliphatic rings. The standard InChI is InChI=1S/C23H19BrN2OS/c1-15(27)25-19-6-4-5-17(13-19)21-14-23(16-9-11-18(24)12-10-16)28-22-8-3-2-7-20(22)26-21/h2-13,23H,14H2,1H3,(H,25,27). The third kappa shape index (κ3) is 4.37. The number of hydrogen-bond acceptors (Lipinski definition) is 3. The van der Waals surface area contributed by atoms with Gasteiger partial charge in [-0.05, 0) is 47.5 Å². The minimum absolute atomic E-state index is 0.0754. The molecule has 1 N–H and O–H groups in total. The summed E-state index contributed by atoms with van der Waals surface area (Å²) in [5.74, 6) is -0.0754. The van der Waals surface area contributed by atoms with Crippen molar-refractivity contribution in [1.29, 1.82) is 0 Å². The van der Waals surface area contributed by atoms with Gasteiger partial charge in [0.05, 0.1) is 5.69 Å². The van der Waals surface area contributed by atoms with Crippen molar-refractivity contribution in [2.24, 2.45) is 4.99 Å². The monoisotopic (exact) mass is 450 g/mol. The first-order chi connectivity index (χ1) is 13.6. The Morgan fingerprint density at radius 2 is 1.86 bits per heavy atom. The number of amides is 1. The quantitative estimate of drug-likeness (QED) is 0.478. The molecule has 3 aromatic carbocycles. The number of carbonyl (C=O) groups is 1. The van der Waals surface area contributed by atoms with Crippen LogP contribution < -0.4 is 5.32 Å². The van der Waals surface area contributed by atoms with Gasteiger partial charge in [-0.2, -0.15) is 0 Å². The Kier molecular flexibility index (Phi) is 5.64. The van der Waals surface area contributed by atoms with Gasteiger partial charge in [0.1, 0.15) is 0 Å². The average Bonchev–Trinajstić information content (AvgIpc) is 2.88. The zero-order chi connectivity index (χ0) is 19.5. The SMILES string of the molecule is CC(=O)Nc1cccc(C2=Nc3ccccc3SC(c3ccc(Br)cc3)C2)c1. The number of nitrogens with one attached hydrogen (secondary N) is 1. The second-order valence-electron chi connectivity index (χ2n) is 6.65. The van der Waals surface area contributed by atoms with Gasteiger partial charge in [0, 0.05) is 39.4 Å².